The van der Waals surface area contributed by atoms with Crippen molar-refractivity contribution in [3.8, 4) is 5.75 Å². The molecule has 2 amide bonds. The molecule has 3 aromatic rings. The van der Waals surface area contributed by atoms with Gasteiger partial charge in [0.15, 0.2) is 6.10 Å². The molecule has 0 aliphatic rings. The molecule has 2 N–H and O–H groups in total. The van der Waals surface area contributed by atoms with Crippen molar-refractivity contribution >= 4 is 33.4 Å². The molecule has 0 radical (unpaired) electrons. The molecular weight excluding hydrogens is 547 g/mol. The summed E-state index contributed by atoms with van der Waals surface area (Å²) in [6, 6.07) is 12.8. The Labute approximate surface area is 231 Å². The number of methoxy groups -OCH3 is 1. The van der Waals surface area contributed by atoms with Crippen molar-refractivity contribution in [2.24, 2.45) is 0 Å². The zero-order valence-corrected chi connectivity index (χ0v) is 23.7. The summed E-state index contributed by atoms with van der Waals surface area (Å²) in [5, 5.41) is 11.2. The lowest BCUT2D eigenvalue weighted by atomic mass is 10.1. The number of nitrogens with one attached hydrogen (secondary N) is 1. The van der Waals surface area contributed by atoms with Crippen LogP contribution in [-0.2, 0) is 28.0 Å². The quantitative estimate of drug-likeness (QED) is 0.338. The van der Waals surface area contributed by atoms with Crippen LogP contribution in [0.25, 0.3) is 0 Å². The smallest absolute Gasteiger partial charge is 0.303 e. The third kappa shape index (κ3) is 7.82. The molecule has 1 atom stereocenters. The highest BCUT2D eigenvalue weighted by Gasteiger charge is 2.27. The Morgan fingerprint density at radius 3 is 2.44 bits per heavy atom. The maximum atomic E-state index is 14.1. The van der Waals surface area contributed by atoms with Crippen molar-refractivity contribution in [2.75, 3.05) is 27.7 Å². The van der Waals surface area contributed by atoms with Gasteiger partial charge >= 0.3 is 10.2 Å². The molecule has 0 aliphatic carbocycles. The van der Waals surface area contributed by atoms with Crippen LogP contribution in [0.1, 0.15) is 44.0 Å². The maximum Gasteiger partial charge on any atom is 0.303 e. The fourth-order valence-corrected chi connectivity index (χ4v) is 5.14. The average Bonchev–Trinajstić information content (AvgIpc) is 3.28. The normalized spacial score (nSPS) is 12.3. The number of benzene rings is 2. The number of halogens is 1. The van der Waals surface area contributed by atoms with Crippen molar-refractivity contribution in [3.63, 3.8) is 0 Å². The van der Waals surface area contributed by atoms with E-state index < -0.39 is 28.1 Å². The van der Waals surface area contributed by atoms with Gasteiger partial charge in [-0.25, -0.2) is 14.1 Å². The number of aliphatic hydroxyl groups excluding tert-OH is 1. The van der Waals surface area contributed by atoms with E-state index in [4.69, 9.17) is 4.74 Å². The first-order chi connectivity index (χ1) is 18.4. The minimum atomic E-state index is -4.02. The van der Waals surface area contributed by atoms with Gasteiger partial charge < -0.3 is 14.7 Å². The monoisotopic (exact) mass is 578 g/mol. The number of carbonyl (C=O) groups excluding carboxylic acids is 2. The van der Waals surface area contributed by atoms with Crippen LogP contribution in [0.4, 0.5) is 4.39 Å². The summed E-state index contributed by atoms with van der Waals surface area (Å²) in [6.07, 6.45) is -0.707. The predicted molar refractivity (Wildman–Crippen MR) is 145 cm³/mol. The van der Waals surface area contributed by atoms with E-state index in [2.05, 4.69) is 4.98 Å². The van der Waals surface area contributed by atoms with Crippen LogP contribution in [0.2, 0.25) is 0 Å². The summed E-state index contributed by atoms with van der Waals surface area (Å²) < 4.78 is 46.2. The third-order valence-electron chi connectivity index (χ3n) is 5.89. The van der Waals surface area contributed by atoms with E-state index >= 15 is 0 Å². The second-order valence-corrected chi connectivity index (χ2v) is 12.0. The van der Waals surface area contributed by atoms with Crippen molar-refractivity contribution in [1.82, 2.24) is 18.9 Å². The van der Waals surface area contributed by atoms with Gasteiger partial charge in [-0.1, -0.05) is 30.3 Å². The second kappa shape index (κ2) is 13.1. The summed E-state index contributed by atoms with van der Waals surface area (Å²) in [4.78, 5) is 32.1. The predicted octanol–water partition coefficient (Wildman–Crippen LogP) is 2.83. The highest BCUT2D eigenvalue weighted by Crippen LogP contribution is 2.24. The van der Waals surface area contributed by atoms with Crippen LogP contribution in [0.3, 0.4) is 0 Å². The molecule has 210 valence electrons. The zero-order chi connectivity index (χ0) is 28.7. The number of carbonyl (C=O) groups is 2. The van der Waals surface area contributed by atoms with Crippen LogP contribution in [0.5, 0.6) is 5.75 Å². The first-order valence-electron chi connectivity index (χ1n) is 12.0. The summed E-state index contributed by atoms with van der Waals surface area (Å²) in [7, 11) is 0.0623. The van der Waals surface area contributed by atoms with Crippen LogP contribution in [0.15, 0.2) is 48.5 Å². The van der Waals surface area contributed by atoms with E-state index in [1.54, 1.807) is 49.4 Å². The van der Waals surface area contributed by atoms with E-state index in [9.17, 15) is 27.5 Å². The molecule has 2 aromatic carbocycles. The summed E-state index contributed by atoms with van der Waals surface area (Å²) in [5.41, 5.74) is 0.797. The Balaban J connectivity index is 1.81. The largest absolute Gasteiger partial charge is 0.497 e. The number of amides is 2. The standard InChI is InChI=1S/C26H31FN4O6S2/c1-17-23(25(33)29-39(35,36)30(2)3)28-22(38-17)16-31(15-7-9-18-8-5-6-10-21(18)27)26(34)24(32)19-11-13-20(37-4)14-12-19/h5-6,8,10-14,24,32H,7,9,15-16H2,1-4H3,(H,29,33)/t24-/m1/s1. The minimum Gasteiger partial charge on any atom is -0.497 e. The SMILES string of the molecule is COc1ccc([C@@H](O)C(=O)N(CCCc2ccccc2F)Cc2nc(C(=O)NS(=O)(=O)N(C)C)c(C)s2)cc1. The molecule has 10 nitrogen and oxygen atoms in total. The summed E-state index contributed by atoms with van der Waals surface area (Å²) in [5.74, 6) is -1.25. The van der Waals surface area contributed by atoms with Gasteiger partial charge in [0.2, 0.25) is 0 Å². The van der Waals surface area contributed by atoms with Crippen LogP contribution in [-0.4, -0.2) is 67.3 Å². The van der Waals surface area contributed by atoms with Crippen molar-refractivity contribution in [3.05, 3.63) is 81.1 Å². The van der Waals surface area contributed by atoms with Crippen molar-refractivity contribution in [2.45, 2.75) is 32.4 Å². The molecule has 0 unspecified atom stereocenters. The first kappa shape index (κ1) is 30.2. The minimum absolute atomic E-state index is 0.0391. The van der Waals surface area contributed by atoms with Crippen LogP contribution < -0.4 is 9.46 Å². The number of hydrogen-bond donors (Lipinski definition) is 2. The number of aliphatic hydroxyl groups is 1. The Morgan fingerprint density at radius 1 is 1.15 bits per heavy atom. The van der Waals surface area contributed by atoms with E-state index in [1.807, 2.05) is 4.72 Å². The maximum absolute atomic E-state index is 14.1. The van der Waals surface area contributed by atoms with E-state index in [1.165, 1.54) is 32.2 Å². The fraction of sp³-hybridized carbons (Fsp3) is 0.346. The van der Waals surface area contributed by atoms with E-state index in [0.717, 1.165) is 15.6 Å². The number of rotatable bonds is 12. The molecule has 0 saturated heterocycles. The lowest BCUT2D eigenvalue weighted by Crippen LogP contribution is -2.39. The lowest BCUT2D eigenvalue weighted by Gasteiger charge is -2.25. The highest BCUT2D eigenvalue weighted by atomic mass is 32.2. The molecule has 0 spiro atoms. The van der Waals surface area contributed by atoms with Gasteiger partial charge in [-0.3, -0.25) is 9.59 Å². The fourth-order valence-electron chi connectivity index (χ4n) is 3.68. The second-order valence-electron chi connectivity index (χ2n) is 8.86. The Kier molecular flexibility index (Phi) is 10.1. The van der Waals surface area contributed by atoms with E-state index in [-0.39, 0.29) is 24.6 Å². The van der Waals surface area contributed by atoms with Crippen LogP contribution in [0, 0.1) is 12.7 Å². The molecule has 1 aromatic heterocycles. The number of ether oxygens (including phenoxy) is 1. The van der Waals surface area contributed by atoms with Gasteiger partial charge in [0.05, 0.1) is 13.7 Å². The van der Waals surface area contributed by atoms with E-state index in [0.29, 0.717) is 39.6 Å². The average molecular weight is 579 g/mol. The summed E-state index contributed by atoms with van der Waals surface area (Å²) in [6.45, 7) is 1.76. The third-order valence-corrected chi connectivity index (χ3v) is 8.25. The molecule has 0 fully saturated rings. The molecule has 39 heavy (non-hydrogen) atoms. The van der Waals surface area contributed by atoms with Gasteiger partial charge in [-0.15, -0.1) is 11.3 Å². The molecular formula is C26H31FN4O6S2. The lowest BCUT2D eigenvalue weighted by molar-refractivity contribution is -0.141. The Morgan fingerprint density at radius 2 is 1.82 bits per heavy atom. The number of aromatic nitrogens is 1. The number of hydrogen-bond acceptors (Lipinski definition) is 8. The summed E-state index contributed by atoms with van der Waals surface area (Å²) >= 11 is 1.14. The van der Waals surface area contributed by atoms with Gasteiger partial charge in [0.25, 0.3) is 11.8 Å². The topological polar surface area (TPSA) is 129 Å². The van der Waals surface area contributed by atoms with Gasteiger partial charge in [-0.2, -0.15) is 12.7 Å². The zero-order valence-electron chi connectivity index (χ0n) is 22.0. The molecule has 3 rings (SSSR count). The molecule has 0 bridgehead atoms. The Bertz CT molecular complexity index is 1410. The number of nitrogens with zero attached hydrogens (tertiary/aromatic N) is 3. The first-order valence-corrected chi connectivity index (χ1v) is 14.2. The molecule has 0 aliphatic heterocycles. The highest BCUT2D eigenvalue weighted by molar-refractivity contribution is 7.87. The van der Waals surface area contributed by atoms with Crippen molar-refractivity contribution in [1.29, 1.82) is 0 Å². The number of aryl methyl sites for hydroxylation is 2. The molecule has 1 heterocycles. The van der Waals surface area contributed by atoms with Crippen LogP contribution >= 0.6 is 11.3 Å². The van der Waals surface area contributed by atoms with Gasteiger partial charge in [0, 0.05) is 25.5 Å². The molecule has 13 heteroatoms. The van der Waals surface area contributed by atoms with Gasteiger partial charge in [0.1, 0.15) is 22.3 Å². The Hall–Kier alpha value is -3.39. The van der Waals surface area contributed by atoms with Crippen molar-refractivity contribution < 1.29 is 32.2 Å². The number of thiazole rings is 1. The van der Waals surface area contributed by atoms with Gasteiger partial charge in [-0.05, 0) is 49.1 Å². The molecule has 0 saturated carbocycles.